The lowest BCUT2D eigenvalue weighted by atomic mass is 10.1. The second-order valence-electron chi connectivity index (χ2n) is 5.99. The minimum absolute atomic E-state index is 0.0505. The first-order chi connectivity index (χ1) is 13.2. The van der Waals surface area contributed by atoms with Gasteiger partial charge in [-0.05, 0) is 23.8 Å². The van der Waals surface area contributed by atoms with E-state index in [9.17, 15) is 10.1 Å². The maximum absolute atomic E-state index is 10.9. The minimum Gasteiger partial charge on any atom is -0.378 e. The van der Waals surface area contributed by atoms with Crippen molar-refractivity contribution in [1.82, 2.24) is 14.6 Å². The van der Waals surface area contributed by atoms with E-state index in [1.807, 2.05) is 36.4 Å². The number of nitro groups is 1. The zero-order valence-corrected chi connectivity index (χ0v) is 14.6. The Kier molecular flexibility index (Phi) is 4.35. The molecule has 0 saturated heterocycles. The molecular formula is C20H16N4O3. The number of aromatic nitrogens is 3. The van der Waals surface area contributed by atoms with Gasteiger partial charge in [-0.25, -0.2) is 9.50 Å². The van der Waals surface area contributed by atoms with Crippen LogP contribution in [-0.2, 0) is 11.3 Å². The lowest BCUT2D eigenvalue weighted by Crippen LogP contribution is -1.97. The van der Waals surface area contributed by atoms with Crippen molar-refractivity contribution >= 4 is 11.3 Å². The Morgan fingerprint density at radius 2 is 1.78 bits per heavy atom. The average molecular weight is 360 g/mol. The average Bonchev–Trinajstić information content (AvgIpc) is 3.07. The lowest BCUT2D eigenvalue weighted by Gasteiger charge is -2.05. The van der Waals surface area contributed by atoms with Crippen molar-refractivity contribution in [3.63, 3.8) is 0 Å². The topological polar surface area (TPSA) is 82.6 Å². The van der Waals surface area contributed by atoms with E-state index in [0.717, 1.165) is 28.1 Å². The van der Waals surface area contributed by atoms with Gasteiger partial charge in [-0.2, -0.15) is 5.10 Å². The summed E-state index contributed by atoms with van der Waals surface area (Å²) in [5.41, 5.74) is 5.09. The third kappa shape index (κ3) is 3.04. The van der Waals surface area contributed by atoms with Crippen molar-refractivity contribution < 1.29 is 9.66 Å². The normalized spacial score (nSPS) is 11.0. The predicted octanol–water partition coefficient (Wildman–Crippen LogP) is 4.12. The quantitative estimate of drug-likeness (QED) is 0.395. The van der Waals surface area contributed by atoms with E-state index >= 15 is 0 Å². The van der Waals surface area contributed by atoms with Gasteiger partial charge < -0.3 is 4.74 Å². The molecular weight excluding hydrogens is 344 g/mol. The summed E-state index contributed by atoms with van der Waals surface area (Å²) in [6, 6.07) is 18.2. The molecule has 0 unspecified atom stereocenters. The highest BCUT2D eigenvalue weighted by Gasteiger charge is 2.18. The molecule has 7 heteroatoms. The molecule has 0 saturated carbocycles. The van der Waals surface area contributed by atoms with Gasteiger partial charge >= 0.3 is 0 Å². The van der Waals surface area contributed by atoms with Crippen LogP contribution in [0.25, 0.3) is 28.0 Å². The number of nitro benzene ring substituents is 1. The Balaban J connectivity index is 1.92. The fourth-order valence-corrected chi connectivity index (χ4v) is 3.10. The van der Waals surface area contributed by atoms with Crippen LogP contribution in [-0.4, -0.2) is 26.6 Å². The van der Waals surface area contributed by atoms with E-state index in [0.29, 0.717) is 12.3 Å². The molecule has 0 N–H and O–H groups in total. The first-order valence-electron chi connectivity index (χ1n) is 8.35. The number of methoxy groups -OCH3 is 1. The SMILES string of the molecule is COCc1nn2c(-c3ccc([N+](=O)[O-])cc3)ccnc2c1-c1ccccc1. The van der Waals surface area contributed by atoms with Gasteiger partial charge in [0.2, 0.25) is 0 Å². The Morgan fingerprint density at radius 1 is 1.04 bits per heavy atom. The Morgan fingerprint density at radius 3 is 2.44 bits per heavy atom. The molecule has 4 rings (SSSR count). The minimum atomic E-state index is -0.413. The standard InChI is InChI=1S/C20H16N4O3/c1-27-13-17-19(15-5-3-2-4-6-15)20-21-12-11-18(23(20)22-17)14-7-9-16(10-8-14)24(25)26/h2-12H,13H2,1H3. The highest BCUT2D eigenvalue weighted by molar-refractivity contribution is 5.81. The van der Waals surface area contributed by atoms with Gasteiger partial charge in [0.25, 0.3) is 5.69 Å². The van der Waals surface area contributed by atoms with Crippen LogP contribution in [0.4, 0.5) is 5.69 Å². The third-order valence-corrected chi connectivity index (χ3v) is 4.31. The maximum atomic E-state index is 10.9. The molecule has 0 amide bonds. The van der Waals surface area contributed by atoms with E-state index in [1.165, 1.54) is 12.1 Å². The van der Waals surface area contributed by atoms with E-state index < -0.39 is 4.92 Å². The van der Waals surface area contributed by atoms with Crippen LogP contribution in [0.2, 0.25) is 0 Å². The third-order valence-electron chi connectivity index (χ3n) is 4.31. The van der Waals surface area contributed by atoms with Crippen molar-refractivity contribution in [2.75, 3.05) is 7.11 Å². The number of non-ortho nitro benzene ring substituents is 1. The van der Waals surface area contributed by atoms with Crippen LogP contribution in [0.5, 0.6) is 0 Å². The molecule has 2 aromatic carbocycles. The van der Waals surface area contributed by atoms with Gasteiger partial charge in [-0.15, -0.1) is 0 Å². The number of fused-ring (bicyclic) bond motifs is 1. The van der Waals surface area contributed by atoms with Gasteiger partial charge in [0.1, 0.15) is 0 Å². The highest BCUT2D eigenvalue weighted by Crippen LogP contribution is 2.31. The highest BCUT2D eigenvalue weighted by atomic mass is 16.6. The Labute approximate surface area is 155 Å². The fourth-order valence-electron chi connectivity index (χ4n) is 3.10. The van der Waals surface area contributed by atoms with Crippen LogP contribution >= 0.6 is 0 Å². The molecule has 0 spiro atoms. The number of rotatable bonds is 5. The zero-order valence-electron chi connectivity index (χ0n) is 14.6. The van der Waals surface area contributed by atoms with Crippen LogP contribution < -0.4 is 0 Å². The summed E-state index contributed by atoms with van der Waals surface area (Å²) in [4.78, 5) is 15.0. The van der Waals surface area contributed by atoms with E-state index in [1.54, 1.807) is 30.0 Å². The first-order valence-corrected chi connectivity index (χ1v) is 8.35. The van der Waals surface area contributed by atoms with Crippen molar-refractivity contribution in [1.29, 1.82) is 0 Å². The van der Waals surface area contributed by atoms with Crippen molar-refractivity contribution in [2.45, 2.75) is 6.61 Å². The molecule has 0 aliphatic carbocycles. The first kappa shape index (κ1) is 16.9. The summed E-state index contributed by atoms with van der Waals surface area (Å²) in [7, 11) is 1.63. The molecule has 0 aliphatic heterocycles. The van der Waals surface area contributed by atoms with Crippen molar-refractivity contribution in [3.8, 4) is 22.4 Å². The molecule has 0 radical (unpaired) electrons. The monoisotopic (exact) mass is 360 g/mol. The van der Waals surface area contributed by atoms with Crippen molar-refractivity contribution in [2.24, 2.45) is 0 Å². The second-order valence-corrected chi connectivity index (χ2v) is 5.99. The van der Waals surface area contributed by atoms with Gasteiger partial charge in [-0.1, -0.05) is 30.3 Å². The number of ether oxygens (including phenoxy) is 1. The fraction of sp³-hybridized carbons (Fsp3) is 0.100. The van der Waals surface area contributed by atoms with Gasteiger partial charge in [0.05, 0.1) is 28.5 Å². The maximum Gasteiger partial charge on any atom is 0.269 e. The van der Waals surface area contributed by atoms with Crippen LogP contribution in [0, 0.1) is 10.1 Å². The number of hydrogen-bond acceptors (Lipinski definition) is 5. The molecule has 0 fully saturated rings. The summed E-state index contributed by atoms with van der Waals surface area (Å²) < 4.78 is 7.09. The molecule has 2 heterocycles. The summed E-state index contributed by atoms with van der Waals surface area (Å²) in [5, 5.41) is 15.6. The van der Waals surface area contributed by atoms with Gasteiger partial charge in [0.15, 0.2) is 5.65 Å². The molecule has 27 heavy (non-hydrogen) atoms. The molecule has 4 aromatic rings. The summed E-state index contributed by atoms with van der Waals surface area (Å²) in [6.45, 7) is 0.354. The van der Waals surface area contributed by atoms with E-state index in [-0.39, 0.29) is 5.69 Å². The zero-order chi connectivity index (χ0) is 18.8. The largest absolute Gasteiger partial charge is 0.378 e. The molecule has 134 valence electrons. The molecule has 0 atom stereocenters. The molecule has 7 nitrogen and oxygen atoms in total. The smallest absolute Gasteiger partial charge is 0.269 e. The molecule has 0 bridgehead atoms. The molecule has 0 aliphatic rings. The molecule has 2 aromatic heterocycles. The summed E-state index contributed by atoms with van der Waals surface area (Å²) >= 11 is 0. The predicted molar refractivity (Wildman–Crippen MR) is 101 cm³/mol. The number of hydrogen-bond donors (Lipinski definition) is 0. The van der Waals surface area contributed by atoms with Gasteiger partial charge in [-0.3, -0.25) is 10.1 Å². The van der Waals surface area contributed by atoms with Crippen LogP contribution in [0.3, 0.4) is 0 Å². The van der Waals surface area contributed by atoms with Crippen LogP contribution in [0.1, 0.15) is 5.69 Å². The van der Waals surface area contributed by atoms with E-state index in [4.69, 9.17) is 9.84 Å². The second kappa shape index (κ2) is 6.97. The number of benzene rings is 2. The Bertz CT molecular complexity index is 1110. The summed E-state index contributed by atoms with van der Waals surface area (Å²) in [6.07, 6.45) is 1.72. The van der Waals surface area contributed by atoms with E-state index in [2.05, 4.69) is 4.98 Å². The van der Waals surface area contributed by atoms with Crippen molar-refractivity contribution in [3.05, 3.63) is 82.7 Å². The van der Waals surface area contributed by atoms with Gasteiger partial charge in [0, 0.05) is 31.0 Å². The van der Waals surface area contributed by atoms with Crippen LogP contribution in [0.15, 0.2) is 66.9 Å². The lowest BCUT2D eigenvalue weighted by molar-refractivity contribution is -0.384. The summed E-state index contributed by atoms with van der Waals surface area (Å²) in [5.74, 6) is 0. The number of nitrogens with zero attached hydrogens (tertiary/aromatic N) is 4. The Hall–Kier alpha value is -3.58.